The van der Waals surface area contributed by atoms with Crippen LogP contribution in [0.3, 0.4) is 0 Å². The molecule has 2 aromatic carbocycles. The first-order valence-corrected chi connectivity index (χ1v) is 13.4. The Labute approximate surface area is 229 Å². The molecule has 9 heteroatoms. The molecule has 3 unspecified atom stereocenters. The van der Waals surface area contributed by atoms with Crippen LogP contribution in [-0.4, -0.2) is 53.7 Å². The SMILES string of the molecule is CC(C)CC(NC(=O)C(C)NC(=O)C(CC(C)C)NC(=O)OCC1c2ccccc2-c2ccccc21)C(=O)O. The number of alkyl carbamates (subject to hydrolysis) is 1. The topological polar surface area (TPSA) is 134 Å². The van der Waals surface area contributed by atoms with E-state index in [4.69, 9.17) is 4.74 Å². The summed E-state index contributed by atoms with van der Waals surface area (Å²) < 4.78 is 5.60. The Morgan fingerprint density at radius 2 is 1.26 bits per heavy atom. The second kappa shape index (κ2) is 13.3. The van der Waals surface area contributed by atoms with E-state index in [1.807, 2.05) is 64.1 Å². The number of ether oxygens (including phenoxy) is 1. The minimum atomic E-state index is -1.13. The molecule has 3 rings (SSSR count). The van der Waals surface area contributed by atoms with Crippen LogP contribution >= 0.6 is 0 Å². The smallest absolute Gasteiger partial charge is 0.407 e. The van der Waals surface area contributed by atoms with E-state index in [1.165, 1.54) is 6.92 Å². The fraction of sp³-hybridized carbons (Fsp3) is 0.467. The van der Waals surface area contributed by atoms with Gasteiger partial charge in [-0.3, -0.25) is 9.59 Å². The highest BCUT2D eigenvalue weighted by Gasteiger charge is 2.31. The van der Waals surface area contributed by atoms with Crippen LogP contribution in [0.15, 0.2) is 48.5 Å². The number of carbonyl (C=O) groups excluding carboxylic acids is 3. The van der Waals surface area contributed by atoms with Gasteiger partial charge < -0.3 is 25.8 Å². The van der Waals surface area contributed by atoms with Gasteiger partial charge in [0.05, 0.1) is 0 Å². The zero-order chi connectivity index (χ0) is 28.7. The second-order valence-electron chi connectivity index (χ2n) is 10.9. The lowest BCUT2D eigenvalue weighted by atomic mass is 9.98. The summed E-state index contributed by atoms with van der Waals surface area (Å²) >= 11 is 0. The van der Waals surface area contributed by atoms with E-state index < -0.39 is 42.0 Å². The Balaban J connectivity index is 1.61. The predicted molar refractivity (Wildman–Crippen MR) is 148 cm³/mol. The van der Waals surface area contributed by atoms with Crippen molar-refractivity contribution >= 4 is 23.9 Å². The highest BCUT2D eigenvalue weighted by molar-refractivity contribution is 5.92. The molecule has 1 aliphatic carbocycles. The van der Waals surface area contributed by atoms with Gasteiger partial charge in [0, 0.05) is 5.92 Å². The third-order valence-corrected chi connectivity index (χ3v) is 6.73. The monoisotopic (exact) mass is 537 g/mol. The molecule has 0 radical (unpaired) electrons. The van der Waals surface area contributed by atoms with Crippen molar-refractivity contribution in [1.82, 2.24) is 16.0 Å². The summed E-state index contributed by atoms with van der Waals surface area (Å²) in [6.07, 6.45) is -0.131. The summed E-state index contributed by atoms with van der Waals surface area (Å²) in [5.74, 6) is -2.27. The summed E-state index contributed by atoms with van der Waals surface area (Å²) in [7, 11) is 0. The number of hydrogen-bond acceptors (Lipinski definition) is 5. The summed E-state index contributed by atoms with van der Waals surface area (Å²) in [5, 5.41) is 17.1. The number of carboxylic acids is 1. The third-order valence-electron chi connectivity index (χ3n) is 6.73. The Bertz CT molecular complexity index is 1150. The number of fused-ring (bicyclic) bond motifs is 3. The molecular weight excluding hydrogens is 498 g/mol. The van der Waals surface area contributed by atoms with E-state index in [9.17, 15) is 24.3 Å². The quantitative estimate of drug-likeness (QED) is 0.323. The average molecular weight is 538 g/mol. The van der Waals surface area contributed by atoms with Gasteiger partial charge >= 0.3 is 12.1 Å². The molecule has 0 bridgehead atoms. The van der Waals surface area contributed by atoms with Crippen LogP contribution in [0.4, 0.5) is 4.79 Å². The molecule has 0 aromatic heterocycles. The van der Waals surface area contributed by atoms with Crippen LogP contribution in [0.2, 0.25) is 0 Å². The van der Waals surface area contributed by atoms with Gasteiger partial charge in [-0.25, -0.2) is 9.59 Å². The maximum atomic E-state index is 13.0. The predicted octanol–water partition coefficient (Wildman–Crippen LogP) is 4.06. The number of benzene rings is 2. The third kappa shape index (κ3) is 7.81. The molecule has 1 aliphatic rings. The molecule has 2 aromatic rings. The van der Waals surface area contributed by atoms with Gasteiger partial charge in [0.25, 0.3) is 0 Å². The fourth-order valence-corrected chi connectivity index (χ4v) is 4.85. The molecular formula is C30H39N3O6. The molecule has 0 heterocycles. The van der Waals surface area contributed by atoms with E-state index in [0.29, 0.717) is 6.42 Å². The Hall–Kier alpha value is -3.88. The highest BCUT2D eigenvalue weighted by atomic mass is 16.5. The van der Waals surface area contributed by atoms with Crippen molar-refractivity contribution in [1.29, 1.82) is 0 Å². The van der Waals surface area contributed by atoms with Gasteiger partial charge in [0.2, 0.25) is 11.8 Å². The number of nitrogens with one attached hydrogen (secondary N) is 3. The Morgan fingerprint density at radius 1 is 0.744 bits per heavy atom. The Morgan fingerprint density at radius 3 is 1.77 bits per heavy atom. The van der Waals surface area contributed by atoms with E-state index in [2.05, 4.69) is 28.1 Å². The first-order chi connectivity index (χ1) is 18.5. The van der Waals surface area contributed by atoms with Crippen molar-refractivity contribution in [3.05, 3.63) is 59.7 Å². The van der Waals surface area contributed by atoms with Gasteiger partial charge in [0.1, 0.15) is 24.7 Å². The van der Waals surface area contributed by atoms with Crippen LogP contribution in [0, 0.1) is 11.8 Å². The zero-order valence-corrected chi connectivity index (χ0v) is 23.2. The zero-order valence-electron chi connectivity index (χ0n) is 23.2. The van der Waals surface area contributed by atoms with E-state index >= 15 is 0 Å². The molecule has 0 saturated heterocycles. The van der Waals surface area contributed by atoms with Gasteiger partial charge in [-0.2, -0.15) is 0 Å². The van der Waals surface area contributed by atoms with E-state index in [1.54, 1.807) is 0 Å². The minimum Gasteiger partial charge on any atom is -0.480 e. The normalized spacial score (nSPS) is 14.6. The molecule has 4 N–H and O–H groups in total. The Kier molecular flexibility index (Phi) is 10.1. The first-order valence-electron chi connectivity index (χ1n) is 13.4. The maximum Gasteiger partial charge on any atom is 0.407 e. The van der Waals surface area contributed by atoms with Crippen LogP contribution in [0.25, 0.3) is 11.1 Å². The first kappa shape index (κ1) is 29.7. The lowest BCUT2D eigenvalue weighted by Crippen LogP contribution is -2.55. The van der Waals surface area contributed by atoms with Crippen molar-refractivity contribution < 1.29 is 29.0 Å². The molecule has 0 fully saturated rings. The number of carboxylic acid groups (broad SMARTS) is 1. The van der Waals surface area contributed by atoms with E-state index in [0.717, 1.165) is 22.3 Å². The number of hydrogen-bond donors (Lipinski definition) is 4. The number of aliphatic carboxylic acids is 1. The average Bonchev–Trinajstić information content (AvgIpc) is 3.19. The van der Waals surface area contributed by atoms with Crippen molar-refractivity contribution in [2.45, 2.75) is 71.5 Å². The van der Waals surface area contributed by atoms with Crippen molar-refractivity contribution in [2.24, 2.45) is 11.8 Å². The van der Waals surface area contributed by atoms with Gasteiger partial charge in [-0.05, 0) is 53.9 Å². The van der Waals surface area contributed by atoms with Crippen molar-refractivity contribution in [3.63, 3.8) is 0 Å². The summed E-state index contributed by atoms with van der Waals surface area (Å²) in [6.45, 7) is 9.14. The number of rotatable bonds is 12. The fourth-order valence-electron chi connectivity index (χ4n) is 4.85. The van der Waals surface area contributed by atoms with Crippen LogP contribution in [-0.2, 0) is 19.1 Å². The van der Waals surface area contributed by atoms with Gasteiger partial charge in [-0.15, -0.1) is 0 Å². The lowest BCUT2D eigenvalue weighted by Gasteiger charge is -2.24. The van der Waals surface area contributed by atoms with Crippen LogP contribution < -0.4 is 16.0 Å². The number of carbonyl (C=O) groups is 4. The minimum absolute atomic E-state index is 0.0631. The van der Waals surface area contributed by atoms with E-state index in [-0.39, 0.29) is 30.8 Å². The second-order valence-corrected chi connectivity index (χ2v) is 10.9. The molecule has 3 amide bonds. The maximum absolute atomic E-state index is 13.0. The molecule has 9 nitrogen and oxygen atoms in total. The highest BCUT2D eigenvalue weighted by Crippen LogP contribution is 2.44. The molecule has 39 heavy (non-hydrogen) atoms. The van der Waals surface area contributed by atoms with Crippen molar-refractivity contribution in [2.75, 3.05) is 6.61 Å². The standard InChI is InChI=1S/C30H39N3O6/c1-17(2)14-25(28(35)31-19(5)27(34)32-26(29(36)37)15-18(3)4)33-30(38)39-16-24-22-12-8-6-10-20(22)21-11-7-9-13-23(21)24/h6-13,17-19,24-26H,14-16H2,1-5H3,(H,31,35)(H,32,34)(H,33,38)(H,36,37). The lowest BCUT2D eigenvalue weighted by molar-refractivity contribution is -0.142. The van der Waals surface area contributed by atoms with Gasteiger partial charge in [-0.1, -0.05) is 76.2 Å². The van der Waals surface area contributed by atoms with Crippen LogP contribution in [0.5, 0.6) is 0 Å². The molecule has 0 saturated carbocycles. The summed E-state index contributed by atoms with van der Waals surface area (Å²) in [6, 6.07) is 13.1. The van der Waals surface area contributed by atoms with Crippen LogP contribution in [0.1, 0.15) is 64.5 Å². The molecule has 0 spiro atoms. The molecule has 0 aliphatic heterocycles. The molecule has 210 valence electrons. The molecule has 3 atom stereocenters. The summed E-state index contributed by atoms with van der Waals surface area (Å²) in [5.41, 5.74) is 4.40. The van der Waals surface area contributed by atoms with Crippen molar-refractivity contribution in [3.8, 4) is 11.1 Å². The summed E-state index contributed by atoms with van der Waals surface area (Å²) in [4.78, 5) is 49.9. The van der Waals surface area contributed by atoms with Gasteiger partial charge in [0.15, 0.2) is 0 Å². The number of amides is 3. The largest absolute Gasteiger partial charge is 0.480 e.